The first-order chi connectivity index (χ1) is 18.0. The van der Waals surface area contributed by atoms with Gasteiger partial charge in [-0.2, -0.15) is 37.5 Å². The zero-order valence-corrected chi connectivity index (χ0v) is 24.9. The summed E-state index contributed by atoms with van der Waals surface area (Å²) < 4.78 is 21.4. The summed E-state index contributed by atoms with van der Waals surface area (Å²) >= 11 is 4.62. The van der Waals surface area contributed by atoms with E-state index in [4.69, 9.17) is 12.5 Å². The van der Waals surface area contributed by atoms with Crippen molar-refractivity contribution < 1.29 is 53.4 Å². The normalized spacial score (nSPS) is 28.1. The maximum absolute atomic E-state index is 11.9. The van der Waals surface area contributed by atoms with Crippen molar-refractivity contribution in [2.75, 3.05) is 6.61 Å². The number of carbonyl (C=O) groups excluding carboxylic acids is 2. The second kappa shape index (κ2) is 24.8. The summed E-state index contributed by atoms with van der Waals surface area (Å²) in [6, 6.07) is 0. The molecule has 0 saturated heterocycles. The molecule has 4 aliphatic rings. The number of carbonyl (C=O) groups is 2. The SMILES string of the molecule is O=CC1CC[CH-]CC1.[CH2-]C1CCC(C)CC1.[CH2-]C1CCC(COC(=O)C2CC[CH-]CC2)CC1.[O]=[Co].[O]=[Co]. The Balaban J connectivity index is 0.000000543. The molecule has 4 saturated carbocycles. The third-order valence-electron chi connectivity index (χ3n) is 8.01. The molecule has 37 heavy (non-hydrogen) atoms. The van der Waals surface area contributed by atoms with E-state index in [1.54, 1.807) is 0 Å². The Hall–Kier alpha value is -0.247. The summed E-state index contributed by atoms with van der Waals surface area (Å²) in [5.74, 6) is 3.56. The molecule has 0 bridgehead atoms. The molecule has 0 aromatic carbocycles. The second-order valence-electron chi connectivity index (χ2n) is 11.1. The van der Waals surface area contributed by atoms with Crippen molar-refractivity contribution in [3.05, 3.63) is 26.7 Å². The van der Waals surface area contributed by atoms with Crippen molar-refractivity contribution in [2.45, 2.75) is 110 Å². The van der Waals surface area contributed by atoms with Gasteiger partial charge in [-0.05, 0) is 24.7 Å². The van der Waals surface area contributed by atoms with E-state index in [2.05, 4.69) is 64.9 Å². The third kappa shape index (κ3) is 18.6. The summed E-state index contributed by atoms with van der Waals surface area (Å²) in [5, 5.41) is 0. The van der Waals surface area contributed by atoms with E-state index in [1.165, 1.54) is 51.4 Å². The molecule has 0 unspecified atom stereocenters. The van der Waals surface area contributed by atoms with Crippen LogP contribution in [0.5, 0.6) is 0 Å². The van der Waals surface area contributed by atoms with E-state index in [9.17, 15) is 9.59 Å². The Morgan fingerprint density at radius 3 is 1.59 bits per heavy atom. The van der Waals surface area contributed by atoms with Gasteiger partial charge < -0.3 is 36.2 Å². The number of aldehydes is 1. The Kier molecular flexibility index (Phi) is 24.6. The molecule has 7 heteroatoms. The molecule has 222 valence electrons. The van der Waals surface area contributed by atoms with Crippen LogP contribution in [0.2, 0.25) is 0 Å². The molecule has 0 spiro atoms. The molecule has 0 aromatic rings. The van der Waals surface area contributed by atoms with E-state index >= 15 is 0 Å². The van der Waals surface area contributed by atoms with Crippen LogP contribution in [-0.4, -0.2) is 18.9 Å². The molecule has 0 aliphatic heterocycles. The van der Waals surface area contributed by atoms with E-state index in [-0.39, 0.29) is 11.9 Å². The van der Waals surface area contributed by atoms with Gasteiger partial charge in [0.25, 0.3) is 0 Å². The van der Waals surface area contributed by atoms with Gasteiger partial charge in [0.2, 0.25) is 0 Å². The van der Waals surface area contributed by atoms with Crippen LogP contribution in [0.1, 0.15) is 110 Å². The predicted molar refractivity (Wildman–Crippen MR) is 138 cm³/mol. The molecule has 0 amide bonds. The molecule has 0 atom stereocenters. The van der Waals surface area contributed by atoms with Gasteiger partial charge in [0.1, 0.15) is 6.29 Å². The van der Waals surface area contributed by atoms with Gasteiger partial charge >= 0.3 is 45.0 Å². The molecule has 0 radical (unpaired) electrons. The molecular weight excluding hydrogens is 558 g/mol. The fraction of sp³-hybridized carbons (Fsp3) is 0.800. The minimum absolute atomic E-state index is 0.0508. The Labute approximate surface area is 243 Å². The summed E-state index contributed by atoms with van der Waals surface area (Å²) in [7, 11) is 0. The third-order valence-corrected chi connectivity index (χ3v) is 8.01. The van der Waals surface area contributed by atoms with Crippen LogP contribution in [0.25, 0.3) is 0 Å². The maximum atomic E-state index is 11.9. The van der Waals surface area contributed by atoms with Crippen LogP contribution in [0, 0.1) is 62.2 Å². The van der Waals surface area contributed by atoms with Crippen LogP contribution in [0.4, 0.5) is 0 Å². The van der Waals surface area contributed by atoms with Gasteiger partial charge in [-0.15, -0.1) is 0 Å². The fourth-order valence-electron chi connectivity index (χ4n) is 5.30. The van der Waals surface area contributed by atoms with Crippen molar-refractivity contribution in [2.24, 2.45) is 35.5 Å². The summed E-state index contributed by atoms with van der Waals surface area (Å²) in [6.07, 6.45) is 24.5. The van der Waals surface area contributed by atoms with E-state index in [1.807, 2.05) is 0 Å². The molecule has 4 aliphatic carbocycles. The predicted octanol–water partition coefficient (Wildman–Crippen LogP) is 7.55. The van der Waals surface area contributed by atoms with Gasteiger partial charge in [-0.3, -0.25) is 4.79 Å². The molecular formula is C30H50Co2O5-4. The Morgan fingerprint density at radius 1 is 0.757 bits per heavy atom. The fourth-order valence-corrected chi connectivity index (χ4v) is 5.30. The van der Waals surface area contributed by atoms with Crippen LogP contribution in [0.15, 0.2) is 0 Å². The molecule has 0 heterocycles. The number of rotatable bonds is 4. The van der Waals surface area contributed by atoms with E-state index < -0.39 is 0 Å². The summed E-state index contributed by atoms with van der Waals surface area (Å²) in [5.41, 5.74) is 0. The first-order valence-corrected chi connectivity index (χ1v) is 15.0. The van der Waals surface area contributed by atoms with Gasteiger partial charge in [-0.1, -0.05) is 71.1 Å². The molecule has 0 N–H and O–H groups in total. The first kappa shape index (κ1) is 36.8. The van der Waals surface area contributed by atoms with Gasteiger partial charge in [0.15, 0.2) is 0 Å². The standard InChI is InChI=1S/C15H24O2.C8H15.C7H11O.2Co.2O/c1-12-7-9-13(10-8-12)11-17-15(16)14-5-3-2-4-6-14;1-7-3-5-8(2)6-4-7;8-6-7-4-2-1-3-5-7;;;;/h2,12-14H,1,3-11H2;7-8H,1,3-6H2,2H3;1,6-7H,2-5H2;;;;/q-2;2*-1;;;;. The van der Waals surface area contributed by atoms with Crippen molar-refractivity contribution in [3.63, 3.8) is 0 Å². The average molecular weight is 609 g/mol. The zero-order chi connectivity index (χ0) is 27.9. The molecule has 4 fully saturated rings. The topological polar surface area (TPSA) is 77.5 Å². The summed E-state index contributed by atoms with van der Waals surface area (Å²) in [4.78, 5) is 22.0. The van der Waals surface area contributed by atoms with Crippen LogP contribution < -0.4 is 0 Å². The number of ether oxygens (including phenoxy) is 1. The number of hydrogen-bond acceptors (Lipinski definition) is 5. The molecule has 4 rings (SSSR count). The summed E-state index contributed by atoms with van der Waals surface area (Å²) in [6.45, 7) is 11.1. The number of hydrogen-bond donors (Lipinski definition) is 0. The van der Waals surface area contributed by atoms with E-state index in [0.717, 1.165) is 69.5 Å². The Morgan fingerprint density at radius 2 is 1.19 bits per heavy atom. The number of esters is 1. The van der Waals surface area contributed by atoms with E-state index in [0.29, 0.717) is 24.4 Å². The van der Waals surface area contributed by atoms with Crippen LogP contribution in [0.3, 0.4) is 0 Å². The van der Waals surface area contributed by atoms with Gasteiger partial charge in [0.05, 0.1) is 12.5 Å². The average Bonchev–Trinajstić information content (AvgIpc) is 2.98. The van der Waals surface area contributed by atoms with Crippen LogP contribution >= 0.6 is 0 Å². The Bertz CT molecular complexity index is 536. The zero-order valence-electron chi connectivity index (χ0n) is 22.8. The van der Waals surface area contributed by atoms with Crippen LogP contribution in [-0.2, 0) is 53.4 Å². The van der Waals surface area contributed by atoms with Crippen molar-refractivity contribution in [3.8, 4) is 0 Å². The molecule has 0 aromatic heterocycles. The first-order valence-electron chi connectivity index (χ1n) is 14.2. The van der Waals surface area contributed by atoms with Crippen molar-refractivity contribution in [1.29, 1.82) is 0 Å². The van der Waals surface area contributed by atoms with Gasteiger partial charge in [-0.25, -0.2) is 0 Å². The van der Waals surface area contributed by atoms with Gasteiger partial charge in [0, 0.05) is 5.92 Å². The van der Waals surface area contributed by atoms with Crippen molar-refractivity contribution >= 4 is 12.3 Å². The second-order valence-corrected chi connectivity index (χ2v) is 11.1. The molecule has 5 nitrogen and oxygen atoms in total. The minimum atomic E-state index is 0.0508. The quantitative estimate of drug-likeness (QED) is 0.187. The monoisotopic (exact) mass is 608 g/mol. The van der Waals surface area contributed by atoms with Crippen molar-refractivity contribution in [1.82, 2.24) is 0 Å².